The van der Waals surface area contributed by atoms with Gasteiger partial charge in [-0.2, -0.15) is 0 Å². The lowest BCUT2D eigenvalue weighted by atomic mass is 9.70. The van der Waals surface area contributed by atoms with Crippen LogP contribution in [0.1, 0.15) is 131 Å². The van der Waals surface area contributed by atoms with E-state index in [2.05, 4.69) is 34.6 Å². The summed E-state index contributed by atoms with van der Waals surface area (Å²) in [5, 5.41) is 0. The molecule has 0 aromatic carbocycles. The van der Waals surface area contributed by atoms with Gasteiger partial charge in [-0.3, -0.25) is 0 Å². The summed E-state index contributed by atoms with van der Waals surface area (Å²) in [5.74, 6) is 3.04. The van der Waals surface area contributed by atoms with Crippen LogP contribution in [0, 0.1) is 17.8 Å². The van der Waals surface area contributed by atoms with Crippen molar-refractivity contribution < 1.29 is 13.6 Å². The van der Waals surface area contributed by atoms with Gasteiger partial charge in [0.15, 0.2) is 0 Å². The molecule has 2 saturated carbocycles. The first-order chi connectivity index (χ1) is 15.5. The summed E-state index contributed by atoms with van der Waals surface area (Å²) in [5.41, 5.74) is 0. The maximum absolute atomic E-state index is 6.28. The Morgan fingerprint density at radius 3 is 1.81 bits per heavy atom. The quantitative estimate of drug-likeness (QED) is 0.169. The van der Waals surface area contributed by atoms with E-state index < -0.39 is 9.28 Å². The lowest BCUT2D eigenvalue weighted by Gasteiger charge is -2.38. The molecular formula is C28H56O3Si. The van der Waals surface area contributed by atoms with Crippen LogP contribution in [-0.4, -0.2) is 34.2 Å². The monoisotopic (exact) mass is 468 g/mol. The van der Waals surface area contributed by atoms with Gasteiger partial charge in [-0.25, -0.2) is 0 Å². The maximum atomic E-state index is 6.28. The second-order valence-corrected chi connectivity index (χ2v) is 13.3. The van der Waals surface area contributed by atoms with Crippen molar-refractivity contribution in [3.05, 3.63) is 0 Å². The molecule has 0 bridgehead atoms. The van der Waals surface area contributed by atoms with Gasteiger partial charge in [0.05, 0.1) is 6.10 Å². The molecule has 2 fully saturated rings. The van der Waals surface area contributed by atoms with Gasteiger partial charge in [0.2, 0.25) is 0 Å². The molecule has 0 amide bonds. The molecule has 0 radical (unpaired) electrons. The van der Waals surface area contributed by atoms with E-state index in [0.717, 1.165) is 36.8 Å². The van der Waals surface area contributed by atoms with Crippen molar-refractivity contribution in [1.82, 2.24) is 0 Å². The third kappa shape index (κ3) is 12.0. The second kappa shape index (κ2) is 16.7. The lowest BCUT2D eigenvalue weighted by Crippen LogP contribution is -2.30. The predicted octanol–water partition coefficient (Wildman–Crippen LogP) is 8.19. The third-order valence-corrected chi connectivity index (χ3v) is 10.4. The molecule has 0 aromatic heterocycles. The van der Waals surface area contributed by atoms with Crippen molar-refractivity contribution in [1.29, 1.82) is 0 Å². The van der Waals surface area contributed by atoms with Gasteiger partial charge in [0.25, 0.3) is 0 Å². The second-order valence-electron chi connectivity index (χ2n) is 11.3. The summed E-state index contributed by atoms with van der Waals surface area (Å²) in [6.45, 7) is 11.6. The normalized spacial score (nSPS) is 27.0. The zero-order chi connectivity index (χ0) is 23.2. The zero-order valence-corrected chi connectivity index (χ0v) is 23.4. The number of ether oxygens (including phenoxy) is 1. The topological polar surface area (TPSA) is 27.7 Å². The minimum absolute atomic E-state index is 0.266. The molecule has 2 aliphatic carbocycles. The van der Waals surface area contributed by atoms with Crippen LogP contribution >= 0.6 is 0 Å². The average molecular weight is 469 g/mol. The molecule has 4 heteroatoms. The predicted molar refractivity (Wildman–Crippen MR) is 140 cm³/mol. The molecule has 2 aliphatic rings. The largest absolute Gasteiger partial charge is 0.394 e. The fourth-order valence-corrected chi connectivity index (χ4v) is 8.04. The van der Waals surface area contributed by atoms with E-state index in [9.17, 15) is 0 Å². The molecule has 0 aromatic rings. The Bertz CT molecular complexity index is 430. The zero-order valence-electron chi connectivity index (χ0n) is 22.3. The van der Waals surface area contributed by atoms with E-state index in [4.69, 9.17) is 13.6 Å². The Kier molecular flexibility index (Phi) is 14.8. The standard InChI is InChI=1S/C28H56O3Si/c1-6-7-8-9-10-12-25-13-15-26(16-14-25)27-17-19-28(20-18-27)29-21-11-22-32(30-23(2)3)31-24(4)5/h23-28,32H,6-22H2,1-5H3. The smallest absolute Gasteiger partial charge is 0.321 e. The Balaban J connectivity index is 1.53. The molecular weight excluding hydrogens is 412 g/mol. The molecule has 32 heavy (non-hydrogen) atoms. The number of unbranched alkanes of at least 4 members (excludes halogenated alkanes) is 4. The van der Waals surface area contributed by atoms with Crippen molar-refractivity contribution in [2.45, 2.75) is 155 Å². The fraction of sp³-hybridized carbons (Fsp3) is 1.00. The molecule has 0 N–H and O–H groups in total. The summed E-state index contributed by atoms with van der Waals surface area (Å²) in [4.78, 5) is 0. The summed E-state index contributed by atoms with van der Waals surface area (Å²) in [7, 11) is -1.55. The van der Waals surface area contributed by atoms with Crippen LogP contribution in [0.4, 0.5) is 0 Å². The van der Waals surface area contributed by atoms with Gasteiger partial charge in [-0.05, 0) is 96.4 Å². The summed E-state index contributed by atoms with van der Waals surface area (Å²) in [6.07, 6.45) is 22.2. The Morgan fingerprint density at radius 1 is 0.688 bits per heavy atom. The number of hydrogen-bond donors (Lipinski definition) is 0. The summed E-state index contributed by atoms with van der Waals surface area (Å²) >= 11 is 0. The third-order valence-electron chi connectivity index (χ3n) is 7.78. The molecule has 0 aliphatic heterocycles. The van der Waals surface area contributed by atoms with Gasteiger partial charge < -0.3 is 13.6 Å². The maximum Gasteiger partial charge on any atom is 0.321 e. The minimum Gasteiger partial charge on any atom is -0.394 e. The fourth-order valence-electron chi connectivity index (χ4n) is 5.99. The Morgan fingerprint density at radius 2 is 1.25 bits per heavy atom. The summed E-state index contributed by atoms with van der Waals surface area (Å²) < 4.78 is 18.4. The van der Waals surface area contributed by atoms with Gasteiger partial charge in [0.1, 0.15) is 0 Å². The first-order valence-electron chi connectivity index (χ1n) is 14.4. The molecule has 3 nitrogen and oxygen atoms in total. The Labute approximate surface area is 202 Å². The van der Waals surface area contributed by atoms with Crippen LogP contribution in [0.5, 0.6) is 0 Å². The van der Waals surface area contributed by atoms with E-state index in [1.807, 2.05) is 0 Å². The number of rotatable bonds is 16. The first-order valence-corrected chi connectivity index (χ1v) is 16.2. The van der Waals surface area contributed by atoms with Crippen LogP contribution in [0.2, 0.25) is 6.04 Å². The van der Waals surface area contributed by atoms with Crippen LogP contribution in [0.25, 0.3) is 0 Å². The van der Waals surface area contributed by atoms with E-state index in [-0.39, 0.29) is 12.2 Å². The van der Waals surface area contributed by atoms with Gasteiger partial charge in [-0.15, -0.1) is 0 Å². The SMILES string of the molecule is CCCCCCCC1CCC(C2CCC(OCCC[SiH](OC(C)C)OC(C)C)CC2)CC1. The van der Waals surface area contributed by atoms with Crippen LogP contribution in [0.3, 0.4) is 0 Å². The lowest BCUT2D eigenvalue weighted by molar-refractivity contribution is 0.00628. The van der Waals surface area contributed by atoms with E-state index >= 15 is 0 Å². The van der Waals surface area contributed by atoms with E-state index in [0.29, 0.717) is 6.10 Å². The summed E-state index contributed by atoms with van der Waals surface area (Å²) in [6, 6.07) is 1.06. The highest BCUT2D eigenvalue weighted by Crippen LogP contribution is 2.41. The van der Waals surface area contributed by atoms with Crippen molar-refractivity contribution >= 4 is 9.28 Å². The first kappa shape index (κ1) is 28.3. The van der Waals surface area contributed by atoms with Crippen molar-refractivity contribution in [3.8, 4) is 0 Å². The van der Waals surface area contributed by atoms with Crippen LogP contribution in [-0.2, 0) is 13.6 Å². The molecule has 0 unspecified atom stereocenters. The highest BCUT2D eigenvalue weighted by atomic mass is 28.3. The van der Waals surface area contributed by atoms with Crippen molar-refractivity contribution in [2.75, 3.05) is 6.61 Å². The van der Waals surface area contributed by atoms with E-state index in [1.54, 1.807) is 0 Å². The van der Waals surface area contributed by atoms with Crippen molar-refractivity contribution in [2.24, 2.45) is 17.8 Å². The molecule has 0 heterocycles. The number of hydrogen-bond acceptors (Lipinski definition) is 3. The highest BCUT2D eigenvalue weighted by molar-refractivity contribution is 6.44. The minimum atomic E-state index is -1.55. The van der Waals surface area contributed by atoms with Crippen LogP contribution in [0.15, 0.2) is 0 Å². The van der Waals surface area contributed by atoms with Gasteiger partial charge in [0, 0.05) is 18.8 Å². The molecule has 0 spiro atoms. The van der Waals surface area contributed by atoms with Crippen LogP contribution < -0.4 is 0 Å². The molecule has 0 atom stereocenters. The molecule has 0 saturated heterocycles. The molecule has 190 valence electrons. The van der Waals surface area contributed by atoms with Gasteiger partial charge >= 0.3 is 9.28 Å². The van der Waals surface area contributed by atoms with Gasteiger partial charge in [-0.1, -0.05) is 58.3 Å². The Hall–Kier alpha value is 0.0969. The highest BCUT2D eigenvalue weighted by Gasteiger charge is 2.31. The average Bonchev–Trinajstić information content (AvgIpc) is 2.76. The van der Waals surface area contributed by atoms with E-state index in [1.165, 1.54) is 89.9 Å². The van der Waals surface area contributed by atoms with Crippen molar-refractivity contribution in [3.63, 3.8) is 0 Å². The molecule has 2 rings (SSSR count).